The molecule has 35 heavy (non-hydrogen) atoms. The summed E-state index contributed by atoms with van der Waals surface area (Å²) >= 11 is 5.62. The van der Waals surface area contributed by atoms with Gasteiger partial charge < -0.3 is 5.32 Å². The normalized spacial score (nSPS) is 12.7. The van der Waals surface area contributed by atoms with Crippen LogP contribution in [0.3, 0.4) is 0 Å². The molecule has 0 saturated carbocycles. The molecule has 1 atom stereocenters. The highest BCUT2D eigenvalue weighted by Gasteiger charge is 2.32. The summed E-state index contributed by atoms with van der Waals surface area (Å²) in [6, 6.07) is 5.14. The van der Waals surface area contributed by atoms with E-state index in [1.165, 1.54) is 31.2 Å². The Labute approximate surface area is 202 Å². The maximum Gasteiger partial charge on any atom is 0.283 e. The first kappa shape index (κ1) is 26.3. The lowest BCUT2D eigenvalue weighted by molar-refractivity contribution is -0.119. The number of rotatable bonds is 8. The fourth-order valence-electron chi connectivity index (χ4n) is 3.10. The summed E-state index contributed by atoms with van der Waals surface area (Å²) in [5.41, 5.74) is -0.815. The molecule has 0 aliphatic heterocycles. The van der Waals surface area contributed by atoms with Crippen molar-refractivity contribution in [2.75, 3.05) is 10.0 Å². The van der Waals surface area contributed by atoms with Crippen LogP contribution in [0.15, 0.2) is 35.2 Å². The molecular weight excluding hydrogens is 516 g/mol. The Morgan fingerprint density at radius 1 is 1.03 bits per heavy atom. The monoisotopic (exact) mass is 534 g/mol. The van der Waals surface area contributed by atoms with Crippen molar-refractivity contribution in [3.05, 3.63) is 58.1 Å². The number of hydrogen-bond acceptors (Lipinski definition) is 6. The van der Waals surface area contributed by atoms with E-state index in [-0.39, 0.29) is 16.5 Å². The molecule has 188 valence electrons. The molecule has 0 bridgehead atoms. The van der Waals surface area contributed by atoms with E-state index in [9.17, 15) is 30.8 Å². The molecule has 0 radical (unpaired) electrons. The largest absolute Gasteiger partial charge is 0.324 e. The third-order valence-electron chi connectivity index (χ3n) is 4.71. The Balaban J connectivity index is 1.77. The number of carbonyl (C=O) groups excluding carboxylic acids is 1. The van der Waals surface area contributed by atoms with Gasteiger partial charge in [0.05, 0.1) is 9.92 Å². The Morgan fingerprint density at radius 3 is 2.11 bits per heavy atom. The lowest BCUT2D eigenvalue weighted by atomic mass is 10.2. The van der Waals surface area contributed by atoms with E-state index in [0.717, 1.165) is 0 Å². The van der Waals surface area contributed by atoms with Crippen LogP contribution >= 0.6 is 11.6 Å². The molecule has 3 aromatic rings. The second kappa shape index (κ2) is 10.2. The fraction of sp³-hybridized carbons (Fsp3) is 0.300. The van der Waals surface area contributed by atoms with Crippen LogP contribution < -0.4 is 10.0 Å². The van der Waals surface area contributed by atoms with Crippen LogP contribution in [0.4, 0.5) is 29.2 Å². The number of sulfonamides is 1. The quantitative estimate of drug-likeness (QED) is 0.400. The first-order valence-electron chi connectivity index (χ1n) is 9.90. The van der Waals surface area contributed by atoms with Gasteiger partial charge in [-0.25, -0.2) is 45.4 Å². The minimum atomic E-state index is -4.05. The molecule has 1 amide bonds. The predicted octanol–water partition coefficient (Wildman–Crippen LogP) is 4.82. The summed E-state index contributed by atoms with van der Waals surface area (Å²) in [7, 11) is -4.05. The molecule has 0 fully saturated rings. The number of nitrogens with one attached hydrogen (secondary N) is 2. The number of benzene rings is 1. The van der Waals surface area contributed by atoms with Crippen LogP contribution in [0.2, 0.25) is 5.02 Å². The predicted molar refractivity (Wildman–Crippen MR) is 119 cm³/mol. The Kier molecular flexibility index (Phi) is 7.65. The number of anilines is 2. The molecule has 0 aliphatic rings. The van der Waals surface area contributed by atoms with Crippen LogP contribution in [0.1, 0.15) is 48.6 Å². The number of amides is 1. The second-order valence-electron chi connectivity index (χ2n) is 7.40. The van der Waals surface area contributed by atoms with E-state index >= 15 is 0 Å². The molecule has 0 aliphatic carbocycles. The molecule has 0 saturated heterocycles. The van der Waals surface area contributed by atoms with E-state index in [4.69, 9.17) is 11.6 Å². The zero-order chi connectivity index (χ0) is 26.1. The van der Waals surface area contributed by atoms with Crippen molar-refractivity contribution >= 4 is 39.2 Å². The summed E-state index contributed by atoms with van der Waals surface area (Å²) in [6.45, 7) is 4.54. The van der Waals surface area contributed by atoms with Gasteiger partial charge in [0.2, 0.25) is 11.9 Å². The van der Waals surface area contributed by atoms with Crippen molar-refractivity contribution in [1.29, 1.82) is 0 Å². The number of carbonyl (C=O) groups is 1. The van der Waals surface area contributed by atoms with Gasteiger partial charge in [-0.3, -0.25) is 4.79 Å². The average Bonchev–Trinajstić information content (AvgIpc) is 3.10. The van der Waals surface area contributed by atoms with Crippen LogP contribution in [-0.4, -0.2) is 34.1 Å². The summed E-state index contributed by atoms with van der Waals surface area (Å²) in [5, 5.41) is 4.87. The molecular formula is C20H19ClF4N6O3S. The molecule has 2 heterocycles. The average molecular weight is 535 g/mol. The Morgan fingerprint density at radius 2 is 1.60 bits per heavy atom. The van der Waals surface area contributed by atoms with Crippen LogP contribution in [-0.2, 0) is 14.8 Å². The Bertz CT molecular complexity index is 1330. The molecule has 3 rings (SSSR count). The number of aromatic nitrogens is 4. The molecule has 1 aromatic carbocycles. The lowest BCUT2D eigenvalue weighted by Gasteiger charge is -2.16. The standard InChI is InChI=1S/C20H19ClF4N6O3S/c1-9-8-10(2)27-20(26-9)30-35(33,34)13-6-4-12(5-7-13)28-19(32)11(3)31-16(18(24)25)14(21)15(29-31)17(22)23/h4-8,11,17-18H,1-3H3,(H,28,32)(H,26,27,30). The van der Waals surface area contributed by atoms with Gasteiger partial charge in [-0.15, -0.1) is 0 Å². The third kappa shape index (κ3) is 5.88. The van der Waals surface area contributed by atoms with Gasteiger partial charge in [0.15, 0.2) is 0 Å². The van der Waals surface area contributed by atoms with Crippen molar-refractivity contribution in [2.24, 2.45) is 0 Å². The molecule has 15 heteroatoms. The second-order valence-corrected chi connectivity index (χ2v) is 9.46. The van der Waals surface area contributed by atoms with E-state index in [0.29, 0.717) is 16.1 Å². The number of hydrogen-bond donors (Lipinski definition) is 2. The molecule has 2 aromatic heterocycles. The zero-order valence-corrected chi connectivity index (χ0v) is 20.0. The van der Waals surface area contributed by atoms with Gasteiger partial charge in [0.1, 0.15) is 17.4 Å². The zero-order valence-electron chi connectivity index (χ0n) is 18.4. The van der Waals surface area contributed by atoms with E-state index in [1.807, 2.05) is 0 Å². The van der Waals surface area contributed by atoms with E-state index in [2.05, 4.69) is 25.1 Å². The van der Waals surface area contributed by atoms with Crippen molar-refractivity contribution in [2.45, 2.75) is 44.6 Å². The Hall–Kier alpha value is -3.26. The number of aryl methyl sites for hydroxylation is 2. The maximum atomic E-state index is 13.4. The summed E-state index contributed by atoms with van der Waals surface area (Å²) < 4.78 is 80.7. The van der Waals surface area contributed by atoms with Crippen LogP contribution in [0.25, 0.3) is 0 Å². The number of halogens is 5. The molecule has 2 N–H and O–H groups in total. The number of nitrogens with zero attached hydrogens (tertiary/aromatic N) is 4. The van der Waals surface area contributed by atoms with Gasteiger partial charge >= 0.3 is 0 Å². The van der Waals surface area contributed by atoms with Gasteiger partial charge in [-0.1, -0.05) is 11.6 Å². The van der Waals surface area contributed by atoms with Crippen molar-refractivity contribution in [1.82, 2.24) is 19.7 Å². The topological polar surface area (TPSA) is 119 Å². The highest BCUT2D eigenvalue weighted by molar-refractivity contribution is 7.92. The lowest BCUT2D eigenvalue weighted by Crippen LogP contribution is -2.26. The SMILES string of the molecule is Cc1cc(C)nc(NS(=O)(=O)c2ccc(NC(=O)C(C)n3nc(C(F)F)c(Cl)c3C(F)F)cc2)n1. The number of alkyl halides is 4. The summed E-state index contributed by atoms with van der Waals surface area (Å²) in [5.74, 6) is -0.978. The molecule has 9 nitrogen and oxygen atoms in total. The minimum absolute atomic E-state index is 0.107. The molecule has 1 unspecified atom stereocenters. The highest BCUT2D eigenvalue weighted by atomic mass is 35.5. The first-order valence-corrected chi connectivity index (χ1v) is 11.8. The first-order chi connectivity index (χ1) is 16.3. The van der Waals surface area contributed by atoms with E-state index in [1.54, 1.807) is 19.9 Å². The van der Waals surface area contributed by atoms with Crippen molar-refractivity contribution in [3.8, 4) is 0 Å². The third-order valence-corrected chi connectivity index (χ3v) is 6.44. The minimum Gasteiger partial charge on any atom is -0.324 e. The van der Waals surface area contributed by atoms with Gasteiger partial charge in [0, 0.05) is 17.1 Å². The maximum absolute atomic E-state index is 13.4. The summed E-state index contributed by atoms with van der Waals surface area (Å²) in [4.78, 5) is 20.4. The van der Waals surface area contributed by atoms with Crippen molar-refractivity contribution in [3.63, 3.8) is 0 Å². The van der Waals surface area contributed by atoms with Crippen LogP contribution in [0.5, 0.6) is 0 Å². The van der Waals surface area contributed by atoms with E-state index < -0.39 is 51.2 Å². The van der Waals surface area contributed by atoms with Crippen molar-refractivity contribution < 1.29 is 30.8 Å². The fourth-order valence-corrected chi connectivity index (χ4v) is 4.34. The van der Waals surface area contributed by atoms with Gasteiger partial charge in [-0.05, 0) is 51.1 Å². The summed E-state index contributed by atoms with van der Waals surface area (Å²) in [6.07, 6.45) is -6.47. The smallest absolute Gasteiger partial charge is 0.283 e. The van der Waals surface area contributed by atoms with Gasteiger partial charge in [0.25, 0.3) is 22.9 Å². The highest BCUT2D eigenvalue weighted by Crippen LogP contribution is 2.36. The van der Waals surface area contributed by atoms with Crippen LogP contribution in [0, 0.1) is 13.8 Å². The van der Waals surface area contributed by atoms with Gasteiger partial charge in [-0.2, -0.15) is 5.10 Å². The molecule has 0 spiro atoms.